The molecule has 0 saturated carbocycles. The molecule has 4 nitrogen and oxygen atoms in total. The number of hydrogen-bond acceptors (Lipinski definition) is 3. The molecule has 0 spiro atoms. The van der Waals surface area contributed by atoms with Crippen molar-refractivity contribution in [2.45, 2.75) is 39.5 Å². The number of hydrogen-bond donors (Lipinski definition) is 1. The molecule has 0 saturated heterocycles. The number of rotatable bonds is 9. The molecule has 3 aromatic rings. The highest BCUT2D eigenvalue weighted by atomic mass is 19.1. The first-order valence-electron chi connectivity index (χ1n) is 10.4. The van der Waals surface area contributed by atoms with Crippen LogP contribution in [-0.4, -0.2) is 17.6 Å². The van der Waals surface area contributed by atoms with Gasteiger partial charge in [0, 0.05) is 19.0 Å². The lowest BCUT2D eigenvalue weighted by molar-refractivity contribution is 0.0945. The molecule has 1 aromatic heterocycles. The van der Waals surface area contributed by atoms with Crippen LogP contribution in [-0.2, 0) is 6.42 Å². The largest absolute Gasteiger partial charge is 0.360 e. The van der Waals surface area contributed by atoms with Crippen LogP contribution in [0, 0.1) is 18.6 Å². The van der Waals surface area contributed by atoms with E-state index in [9.17, 15) is 13.6 Å². The average Bonchev–Trinajstić information content (AvgIpc) is 3.19. The lowest BCUT2D eigenvalue weighted by Crippen LogP contribution is -2.25. The zero-order valence-corrected chi connectivity index (χ0v) is 17.8. The van der Waals surface area contributed by atoms with Gasteiger partial charge >= 0.3 is 0 Å². The number of halogens is 2. The zero-order chi connectivity index (χ0) is 22.2. The smallest absolute Gasteiger partial charge is 0.273 e. The molecule has 162 valence electrons. The zero-order valence-electron chi connectivity index (χ0n) is 17.8. The van der Waals surface area contributed by atoms with Crippen molar-refractivity contribution in [2.75, 3.05) is 6.54 Å². The number of benzene rings is 2. The first-order chi connectivity index (χ1) is 15.0. The predicted octanol–water partition coefficient (Wildman–Crippen LogP) is 5.86. The fourth-order valence-corrected chi connectivity index (χ4v) is 3.41. The minimum Gasteiger partial charge on any atom is -0.360 e. The highest BCUT2D eigenvalue weighted by Gasteiger charge is 2.14. The fraction of sp³-hybridized carbons (Fsp3) is 0.280. The van der Waals surface area contributed by atoms with Crippen LogP contribution in [0.2, 0.25) is 0 Å². The Hall–Kier alpha value is -3.28. The molecule has 0 atom stereocenters. The molecule has 0 radical (unpaired) electrons. The maximum Gasteiger partial charge on any atom is 0.273 e. The Kier molecular flexibility index (Phi) is 7.70. The second-order valence-corrected chi connectivity index (χ2v) is 7.47. The van der Waals surface area contributed by atoms with Crippen LogP contribution in [0.1, 0.15) is 59.1 Å². The molecule has 0 unspecified atom stereocenters. The molecule has 2 aromatic carbocycles. The molecule has 1 N–H and O–H groups in total. The number of nitrogens with one attached hydrogen (secondary N) is 1. The van der Waals surface area contributed by atoms with Gasteiger partial charge in [-0.3, -0.25) is 4.79 Å². The molecule has 0 fully saturated rings. The summed E-state index contributed by atoms with van der Waals surface area (Å²) in [7, 11) is 0. The van der Waals surface area contributed by atoms with E-state index >= 15 is 0 Å². The summed E-state index contributed by atoms with van der Waals surface area (Å²) in [6.07, 6.45) is 5.02. The van der Waals surface area contributed by atoms with E-state index in [4.69, 9.17) is 4.52 Å². The second kappa shape index (κ2) is 10.7. The summed E-state index contributed by atoms with van der Waals surface area (Å²) in [5.41, 5.74) is 3.86. The molecule has 1 amide bonds. The molecule has 0 aliphatic rings. The van der Waals surface area contributed by atoms with Gasteiger partial charge in [0.15, 0.2) is 5.69 Å². The van der Waals surface area contributed by atoms with Crippen molar-refractivity contribution in [3.63, 3.8) is 0 Å². The molecular formula is C25H26F2N2O2. The number of amides is 1. The summed E-state index contributed by atoms with van der Waals surface area (Å²) in [4.78, 5) is 12.4. The van der Waals surface area contributed by atoms with Gasteiger partial charge in [0.25, 0.3) is 5.91 Å². The van der Waals surface area contributed by atoms with E-state index in [-0.39, 0.29) is 23.2 Å². The molecule has 6 heteroatoms. The monoisotopic (exact) mass is 424 g/mol. The van der Waals surface area contributed by atoms with E-state index in [2.05, 4.69) is 23.5 Å². The minimum absolute atomic E-state index is 0.184. The summed E-state index contributed by atoms with van der Waals surface area (Å²) < 4.78 is 32.0. The fourth-order valence-electron chi connectivity index (χ4n) is 3.41. The second-order valence-electron chi connectivity index (χ2n) is 7.47. The van der Waals surface area contributed by atoms with Crippen LogP contribution in [0.5, 0.6) is 0 Å². The maximum absolute atomic E-state index is 13.5. The van der Waals surface area contributed by atoms with Crippen LogP contribution in [0.3, 0.4) is 0 Å². The Balaban J connectivity index is 1.59. The van der Waals surface area contributed by atoms with Gasteiger partial charge < -0.3 is 9.84 Å². The molecule has 3 rings (SSSR count). The third-order valence-corrected chi connectivity index (χ3v) is 4.95. The number of unbranched alkanes of at least 4 members (excludes halogenated alkanes) is 1. The summed E-state index contributed by atoms with van der Waals surface area (Å²) in [6.45, 7) is 4.39. The summed E-state index contributed by atoms with van der Waals surface area (Å²) in [5.74, 6) is -0.427. The number of aryl methyl sites for hydroxylation is 1. The quantitative estimate of drug-likeness (QED) is 0.468. The van der Waals surface area contributed by atoms with E-state index in [1.165, 1.54) is 24.3 Å². The summed E-state index contributed by atoms with van der Waals surface area (Å²) in [6, 6.07) is 12.5. The van der Waals surface area contributed by atoms with E-state index in [0.717, 1.165) is 35.1 Å². The number of carbonyl (C=O) groups excluding carboxylic acids is 1. The van der Waals surface area contributed by atoms with Crippen molar-refractivity contribution in [2.24, 2.45) is 0 Å². The van der Waals surface area contributed by atoms with Gasteiger partial charge in [0.05, 0.1) is 0 Å². The van der Waals surface area contributed by atoms with Crippen molar-refractivity contribution >= 4 is 11.5 Å². The maximum atomic E-state index is 13.5. The standard InChI is InChI=1S/C25H26F2N2O2/c1-3-4-7-19(23-10-9-21(27)13-17(23)2)11-12-28-25(30)24-16-22(31-29-24)15-18-6-5-8-20(26)14-18/h5-10,13-14,16H,3-4,11-12,15H2,1-2H3,(H,28,30)/b19-7-. The molecule has 0 bridgehead atoms. The molecule has 31 heavy (non-hydrogen) atoms. The normalized spacial score (nSPS) is 11.5. The Labute approximate surface area is 181 Å². The van der Waals surface area contributed by atoms with E-state index < -0.39 is 0 Å². The van der Waals surface area contributed by atoms with Gasteiger partial charge in [-0.05, 0) is 66.3 Å². The number of allylic oxidation sites excluding steroid dienone is 1. The average molecular weight is 424 g/mol. The van der Waals surface area contributed by atoms with E-state index in [1.807, 2.05) is 6.92 Å². The van der Waals surface area contributed by atoms with Gasteiger partial charge in [0.1, 0.15) is 17.4 Å². The topological polar surface area (TPSA) is 55.1 Å². The summed E-state index contributed by atoms with van der Waals surface area (Å²) in [5, 5.41) is 6.68. The highest BCUT2D eigenvalue weighted by Crippen LogP contribution is 2.23. The summed E-state index contributed by atoms with van der Waals surface area (Å²) >= 11 is 0. The first kappa shape index (κ1) is 22.4. The van der Waals surface area contributed by atoms with Crippen LogP contribution < -0.4 is 5.32 Å². The molecule has 0 aliphatic carbocycles. The Morgan fingerprint density at radius 3 is 2.68 bits per heavy atom. The van der Waals surface area contributed by atoms with Crippen LogP contribution in [0.15, 0.2) is 59.1 Å². The Morgan fingerprint density at radius 1 is 1.13 bits per heavy atom. The highest BCUT2D eigenvalue weighted by molar-refractivity contribution is 5.92. The minimum atomic E-state index is -0.333. The molecular weight excluding hydrogens is 398 g/mol. The third-order valence-electron chi connectivity index (χ3n) is 4.95. The number of aromatic nitrogens is 1. The Morgan fingerprint density at radius 2 is 1.94 bits per heavy atom. The third kappa shape index (κ3) is 6.35. The van der Waals surface area contributed by atoms with Crippen LogP contribution >= 0.6 is 0 Å². The van der Waals surface area contributed by atoms with E-state index in [1.54, 1.807) is 24.3 Å². The predicted molar refractivity (Wildman–Crippen MR) is 117 cm³/mol. The number of nitrogens with zero attached hydrogens (tertiary/aromatic N) is 1. The molecule has 1 heterocycles. The number of carbonyl (C=O) groups is 1. The molecule has 0 aliphatic heterocycles. The first-order valence-corrected chi connectivity index (χ1v) is 10.4. The van der Waals surface area contributed by atoms with Crippen molar-refractivity contribution in [3.8, 4) is 0 Å². The SMILES string of the molecule is CCC/C=C(/CCNC(=O)c1cc(Cc2cccc(F)c2)on1)c1ccc(F)cc1C. The van der Waals surface area contributed by atoms with Crippen molar-refractivity contribution in [3.05, 3.63) is 94.4 Å². The van der Waals surface area contributed by atoms with Crippen LogP contribution in [0.4, 0.5) is 8.78 Å². The lowest BCUT2D eigenvalue weighted by atomic mass is 9.96. The van der Waals surface area contributed by atoms with Crippen molar-refractivity contribution in [1.82, 2.24) is 10.5 Å². The van der Waals surface area contributed by atoms with Gasteiger partial charge in [0.2, 0.25) is 0 Å². The van der Waals surface area contributed by atoms with Crippen LogP contribution in [0.25, 0.3) is 5.57 Å². The van der Waals surface area contributed by atoms with E-state index in [0.29, 0.717) is 25.1 Å². The van der Waals surface area contributed by atoms with Crippen molar-refractivity contribution in [1.29, 1.82) is 0 Å². The lowest BCUT2D eigenvalue weighted by Gasteiger charge is -2.12. The van der Waals surface area contributed by atoms with Gasteiger partial charge in [-0.15, -0.1) is 0 Å². The van der Waals surface area contributed by atoms with Gasteiger partial charge in [-0.1, -0.05) is 42.8 Å². The van der Waals surface area contributed by atoms with Gasteiger partial charge in [-0.25, -0.2) is 8.78 Å². The van der Waals surface area contributed by atoms with Gasteiger partial charge in [-0.2, -0.15) is 0 Å². The van der Waals surface area contributed by atoms with Crippen molar-refractivity contribution < 1.29 is 18.1 Å². The Bertz CT molecular complexity index is 1070.